The zero-order chi connectivity index (χ0) is 22.0. The van der Waals surface area contributed by atoms with Crippen molar-refractivity contribution in [1.29, 1.82) is 0 Å². The van der Waals surface area contributed by atoms with Gasteiger partial charge in [-0.2, -0.15) is 5.10 Å². The first-order chi connectivity index (χ1) is 15.0. The quantitative estimate of drug-likeness (QED) is 0.653. The van der Waals surface area contributed by atoms with Crippen LogP contribution in [0.4, 0.5) is 0 Å². The third-order valence-electron chi connectivity index (χ3n) is 6.36. The van der Waals surface area contributed by atoms with E-state index in [1.165, 1.54) is 0 Å². The highest BCUT2D eigenvalue weighted by molar-refractivity contribution is 5.95. The van der Waals surface area contributed by atoms with Crippen LogP contribution in [0.1, 0.15) is 59.8 Å². The van der Waals surface area contributed by atoms with E-state index in [0.717, 1.165) is 40.6 Å². The number of piperidine rings is 1. The largest absolute Gasteiger partial charge is 0.464 e. The SMILES string of the molecule is CCN(CC)C(=O)c1cn[nH]c1C1CCN(C(=O)Cc2coc3cc(C)ccc23)CC1. The van der Waals surface area contributed by atoms with Crippen molar-refractivity contribution in [3.05, 3.63) is 53.0 Å². The Bertz CT molecular complexity index is 1070. The molecule has 1 N–H and O–H groups in total. The molecule has 2 amide bonds. The topological polar surface area (TPSA) is 82.4 Å². The van der Waals surface area contributed by atoms with E-state index in [-0.39, 0.29) is 17.7 Å². The summed E-state index contributed by atoms with van der Waals surface area (Å²) in [6.45, 7) is 8.69. The molecule has 31 heavy (non-hydrogen) atoms. The number of nitrogens with zero attached hydrogens (tertiary/aromatic N) is 3. The van der Waals surface area contributed by atoms with Crippen molar-refractivity contribution in [3.63, 3.8) is 0 Å². The molecule has 1 fully saturated rings. The number of rotatable bonds is 6. The number of fused-ring (bicyclic) bond motifs is 1. The monoisotopic (exact) mass is 422 g/mol. The van der Waals surface area contributed by atoms with Crippen LogP contribution in [-0.2, 0) is 11.2 Å². The van der Waals surface area contributed by atoms with Crippen LogP contribution < -0.4 is 0 Å². The highest BCUT2D eigenvalue weighted by atomic mass is 16.3. The third-order valence-corrected chi connectivity index (χ3v) is 6.36. The van der Waals surface area contributed by atoms with Crippen LogP contribution in [0.15, 0.2) is 35.1 Å². The standard InChI is InChI=1S/C24H30N4O3/c1-4-27(5-2)24(30)20-14-25-26-23(20)17-8-10-28(11-9-17)22(29)13-18-15-31-21-12-16(3)6-7-19(18)21/h6-7,12,14-15,17H,4-5,8-11,13H2,1-3H3,(H,25,26). The summed E-state index contributed by atoms with van der Waals surface area (Å²) in [5, 5.41) is 8.20. The highest BCUT2D eigenvalue weighted by Gasteiger charge is 2.29. The minimum absolute atomic E-state index is 0.0225. The van der Waals surface area contributed by atoms with Crippen LogP contribution in [0.2, 0.25) is 0 Å². The van der Waals surface area contributed by atoms with E-state index in [9.17, 15) is 9.59 Å². The van der Waals surface area contributed by atoms with Crippen molar-refractivity contribution in [3.8, 4) is 0 Å². The van der Waals surface area contributed by atoms with Crippen molar-refractivity contribution in [2.75, 3.05) is 26.2 Å². The number of aromatic nitrogens is 2. The first-order valence-electron chi connectivity index (χ1n) is 11.1. The molecule has 164 valence electrons. The molecule has 1 saturated heterocycles. The van der Waals surface area contributed by atoms with E-state index in [0.29, 0.717) is 38.2 Å². The number of hydrogen-bond acceptors (Lipinski definition) is 4. The molecule has 0 saturated carbocycles. The van der Waals surface area contributed by atoms with Gasteiger partial charge in [-0.3, -0.25) is 14.7 Å². The zero-order valence-corrected chi connectivity index (χ0v) is 18.5. The summed E-state index contributed by atoms with van der Waals surface area (Å²) < 4.78 is 5.64. The molecule has 0 atom stereocenters. The Morgan fingerprint density at radius 2 is 1.97 bits per heavy atom. The number of aromatic amines is 1. The molecular weight excluding hydrogens is 392 g/mol. The van der Waals surface area contributed by atoms with Crippen LogP contribution in [-0.4, -0.2) is 58.0 Å². The minimum atomic E-state index is 0.0225. The normalized spacial score (nSPS) is 14.9. The van der Waals surface area contributed by atoms with Crippen molar-refractivity contribution in [1.82, 2.24) is 20.0 Å². The lowest BCUT2D eigenvalue weighted by molar-refractivity contribution is -0.131. The second-order valence-electron chi connectivity index (χ2n) is 8.27. The number of furan rings is 1. The van der Waals surface area contributed by atoms with E-state index in [1.807, 2.05) is 48.8 Å². The summed E-state index contributed by atoms with van der Waals surface area (Å²) in [7, 11) is 0. The molecule has 0 aliphatic carbocycles. The summed E-state index contributed by atoms with van der Waals surface area (Å²) in [5.41, 5.74) is 4.46. The maximum atomic E-state index is 12.9. The van der Waals surface area contributed by atoms with Gasteiger partial charge in [0, 0.05) is 43.0 Å². The Balaban J connectivity index is 1.39. The van der Waals surface area contributed by atoms with E-state index < -0.39 is 0 Å². The smallest absolute Gasteiger partial charge is 0.257 e. The number of carbonyl (C=O) groups excluding carboxylic acids is 2. The molecule has 0 spiro atoms. The fourth-order valence-corrected chi connectivity index (χ4v) is 4.48. The number of likely N-dealkylation sites (tertiary alicyclic amines) is 1. The molecule has 3 heterocycles. The molecule has 1 aliphatic heterocycles. The molecule has 3 aromatic rings. The third kappa shape index (κ3) is 4.22. The van der Waals surface area contributed by atoms with E-state index in [1.54, 1.807) is 12.5 Å². The van der Waals surface area contributed by atoms with Crippen LogP contribution in [0.5, 0.6) is 0 Å². The average Bonchev–Trinajstić information content (AvgIpc) is 3.42. The summed E-state index contributed by atoms with van der Waals surface area (Å²) in [6.07, 6.45) is 5.32. The molecule has 1 aromatic carbocycles. The van der Waals surface area contributed by atoms with Gasteiger partial charge in [-0.05, 0) is 45.2 Å². The lowest BCUT2D eigenvalue weighted by Crippen LogP contribution is -2.39. The molecule has 2 aromatic heterocycles. The Morgan fingerprint density at radius 3 is 2.68 bits per heavy atom. The number of carbonyl (C=O) groups is 2. The van der Waals surface area contributed by atoms with Crippen LogP contribution in [0, 0.1) is 6.92 Å². The van der Waals surface area contributed by atoms with Gasteiger partial charge in [-0.1, -0.05) is 12.1 Å². The molecule has 4 rings (SSSR count). The van der Waals surface area contributed by atoms with Gasteiger partial charge < -0.3 is 14.2 Å². The number of nitrogens with one attached hydrogen (secondary N) is 1. The Morgan fingerprint density at radius 1 is 1.23 bits per heavy atom. The van der Waals surface area contributed by atoms with Crippen molar-refractivity contribution < 1.29 is 14.0 Å². The summed E-state index contributed by atoms with van der Waals surface area (Å²) >= 11 is 0. The van der Waals surface area contributed by atoms with Crippen LogP contribution in [0.3, 0.4) is 0 Å². The number of amides is 2. The van der Waals surface area contributed by atoms with Gasteiger partial charge in [0.2, 0.25) is 5.91 Å². The van der Waals surface area contributed by atoms with Crippen molar-refractivity contribution in [2.24, 2.45) is 0 Å². The highest BCUT2D eigenvalue weighted by Crippen LogP contribution is 2.30. The second kappa shape index (κ2) is 8.96. The zero-order valence-electron chi connectivity index (χ0n) is 18.5. The van der Waals surface area contributed by atoms with Gasteiger partial charge >= 0.3 is 0 Å². The lowest BCUT2D eigenvalue weighted by Gasteiger charge is -2.32. The Kier molecular flexibility index (Phi) is 6.11. The fourth-order valence-electron chi connectivity index (χ4n) is 4.48. The molecule has 0 unspecified atom stereocenters. The Labute approximate surface area is 182 Å². The summed E-state index contributed by atoms with van der Waals surface area (Å²) in [6, 6.07) is 6.06. The molecule has 7 nitrogen and oxygen atoms in total. The van der Waals surface area contributed by atoms with Crippen molar-refractivity contribution >= 4 is 22.8 Å². The lowest BCUT2D eigenvalue weighted by atomic mass is 9.90. The maximum absolute atomic E-state index is 12.9. The van der Waals surface area contributed by atoms with Gasteiger partial charge in [-0.15, -0.1) is 0 Å². The average molecular weight is 423 g/mol. The maximum Gasteiger partial charge on any atom is 0.257 e. The predicted molar refractivity (Wildman–Crippen MR) is 119 cm³/mol. The second-order valence-corrected chi connectivity index (χ2v) is 8.27. The van der Waals surface area contributed by atoms with Gasteiger partial charge in [-0.25, -0.2) is 0 Å². The summed E-state index contributed by atoms with van der Waals surface area (Å²) in [4.78, 5) is 29.4. The minimum Gasteiger partial charge on any atom is -0.464 e. The molecule has 0 bridgehead atoms. The van der Waals surface area contributed by atoms with Gasteiger partial charge in [0.15, 0.2) is 0 Å². The molecule has 1 aliphatic rings. The number of aryl methyl sites for hydroxylation is 1. The van der Waals surface area contributed by atoms with Crippen LogP contribution >= 0.6 is 0 Å². The molecular formula is C24H30N4O3. The van der Waals surface area contributed by atoms with Gasteiger partial charge in [0.25, 0.3) is 5.91 Å². The van der Waals surface area contributed by atoms with E-state index >= 15 is 0 Å². The summed E-state index contributed by atoms with van der Waals surface area (Å²) in [5.74, 6) is 0.346. The predicted octanol–water partition coefficient (Wildman–Crippen LogP) is 3.90. The van der Waals surface area contributed by atoms with E-state index in [4.69, 9.17) is 4.42 Å². The number of benzene rings is 1. The van der Waals surface area contributed by atoms with Gasteiger partial charge in [0.1, 0.15) is 5.58 Å². The first kappa shape index (κ1) is 21.2. The van der Waals surface area contributed by atoms with Crippen LogP contribution in [0.25, 0.3) is 11.0 Å². The van der Waals surface area contributed by atoms with Gasteiger partial charge in [0.05, 0.1) is 30.1 Å². The Hall–Kier alpha value is -3.09. The first-order valence-corrected chi connectivity index (χ1v) is 11.1. The van der Waals surface area contributed by atoms with E-state index in [2.05, 4.69) is 10.2 Å². The molecule has 7 heteroatoms. The molecule has 0 radical (unpaired) electrons. The number of H-pyrrole nitrogens is 1. The fraction of sp³-hybridized carbons (Fsp3) is 0.458. The number of hydrogen-bond donors (Lipinski definition) is 1. The van der Waals surface area contributed by atoms with Crippen molar-refractivity contribution in [2.45, 2.75) is 46.0 Å².